The van der Waals surface area contributed by atoms with Crippen molar-refractivity contribution in [1.29, 1.82) is 0 Å². The Kier molecular flexibility index (Phi) is 8.38. The summed E-state index contributed by atoms with van der Waals surface area (Å²) in [5, 5.41) is 26.6. The molecule has 0 aliphatic rings. The zero-order valence-electron chi connectivity index (χ0n) is 16.8. The first-order valence-corrected chi connectivity index (χ1v) is 9.98. The molecule has 0 saturated carbocycles. The van der Waals surface area contributed by atoms with Crippen molar-refractivity contribution < 1.29 is 19.7 Å². The van der Waals surface area contributed by atoms with Gasteiger partial charge in [-0.2, -0.15) is 0 Å². The van der Waals surface area contributed by atoms with E-state index in [-0.39, 0.29) is 13.2 Å². The first-order chi connectivity index (χ1) is 14.7. The van der Waals surface area contributed by atoms with Crippen molar-refractivity contribution in [3.63, 3.8) is 0 Å². The Balaban J connectivity index is 1.37. The third-order valence-corrected chi connectivity index (χ3v) is 4.32. The molecule has 0 spiro atoms. The van der Waals surface area contributed by atoms with Crippen molar-refractivity contribution >= 4 is 11.4 Å². The van der Waals surface area contributed by atoms with Gasteiger partial charge in [0.25, 0.3) is 0 Å². The maximum Gasteiger partial charge on any atom is 0.119 e. The molecule has 6 nitrogen and oxygen atoms in total. The molecule has 0 heterocycles. The number of aliphatic hydroxyl groups excluding tert-OH is 2. The zero-order valence-corrected chi connectivity index (χ0v) is 16.8. The van der Waals surface area contributed by atoms with Crippen LogP contribution < -0.4 is 20.1 Å². The molecule has 2 atom stereocenters. The van der Waals surface area contributed by atoms with Gasteiger partial charge in [0.05, 0.1) is 0 Å². The largest absolute Gasteiger partial charge is 0.491 e. The predicted octanol–water partition coefficient (Wildman–Crippen LogP) is 3.39. The number of hydrogen-bond acceptors (Lipinski definition) is 6. The van der Waals surface area contributed by atoms with Gasteiger partial charge < -0.3 is 30.3 Å². The molecule has 0 fully saturated rings. The van der Waals surface area contributed by atoms with E-state index < -0.39 is 12.2 Å². The summed E-state index contributed by atoms with van der Waals surface area (Å²) in [5.74, 6) is 1.47. The van der Waals surface area contributed by atoms with Crippen molar-refractivity contribution in [1.82, 2.24) is 0 Å². The van der Waals surface area contributed by atoms with Crippen molar-refractivity contribution in [2.45, 2.75) is 12.2 Å². The van der Waals surface area contributed by atoms with Crippen LogP contribution in [0.2, 0.25) is 0 Å². The van der Waals surface area contributed by atoms with E-state index in [2.05, 4.69) is 10.6 Å². The summed E-state index contributed by atoms with van der Waals surface area (Å²) < 4.78 is 11.1. The maximum atomic E-state index is 10.1. The fourth-order valence-corrected chi connectivity index (χ4v) is 2.75. The minimum absolute atomic E-state index is 0.211. The third kappa shape index (κ3) is 7.66. The van der Waals surface area contributed by atoms with E-state index in [1.165, 1.54) is 0 Å². The highest BCUT2D eigenvalue weighted by atomic mass is 16.5. The average molecular weight is 408 g/mol. The lowest BCUT2D eigenvalue weighted by Crippen LogP contribution is -2.27. The fraction of sp³-hybridized carbons (Fsp3) is 0.250. The Morgan fingerprint density at radius 2 is 1.03 bits per heavy atom. The van der Waals surface area contributed by atoms with Crippen LogP contribution >= 0.6 is 0 Å². The minimum Gasteiger partial charge on any atom is -0.491 e. The first kappa shape index (κ1) is 21.5. The van der Waals surface area contributed by atoms with Crippen LogP contribution in [0.1, 0.15) is 0 Å². The second-order valence-electron chi connectivity index (χ2n) is 6.90. The number of benzene rings is 3. The Morgan fingerprint density at radius 3 is 1.47 bits per heavy atom. The van der Waals surface area contributed by atoms with Gasteiger partial charge in [-0.05, 0) is 42.5 Å². The molecule has 0 radical (unpaired) electrons. The summed E-state index contributed by atoms with van der Waals surface area (Å²) in [5.41, 5.74) is 1.74. The Bertz CT molecular complexity index is 793. The molecule has 3 aromatic carbocycles. The first-order valence-electron chi connectivity index (χ1n) is 9.98. The van der Waals surface area contributed by atoms with Crippen molar-refractivity contribution in [2.75, 3.05) is 36.9 Å². The molecule has 3 aromatic rings. The highest BCUT2D eigenvalue weighted by Crippen LogP contribution is 2.16. The highest BCUT2D eigenvalue weighted by Gasteiger charge is 2.07. The summed E-state index contributed by atoms with van der Waals surface area (Å²) in [6.07, 6.45) is -1.28. The van der Waals surface area contributed by atoms with Crippen LogP contribution in [-0.2, 0) is 0 Å². The number of hydrogen-bond donors (Lipinski definition) is 4. The van der Waals surface area contributed by atoms with Crippen LogP contribution in [0, 0.1) is 0 Å². The zero-order chi connectivity index (χ0) is 21.0. The van der Waals surface area contributed by atoms with Gasteiger partial charge >= 0.3 is 0 Å². The standard InChI is InChI=1S/C24H28N2O4/c27-21(17-29-23-10-3-1-4-11-23)15-25-19-8-7-9-20(14-19)26-16-22(28)18-30-24-12-5-2-6-13-24/h1-14,21-22,25-28H,15-18H2. The number of para-hydroxylation sites is 2. The van der Waals surface area contributed by atoms with Crippen molar-refractivity contribution in [3.05, 3.63) is 84.9 Å². The van der Waals surface area contributed by atoms with Gasteiger partial charge in [-0.1, -0.05) is 42.5 Å². The monoisotopic (exact) mass is 408 g/mol. The Hall–Kier alpha value is -3.22. The van der Waals surface area contributed by atoms with Crippen LogP contribution in [0.3, 0.4) is 0 Å². The minimum atomic E-state index is -0.640. The molecular weight excluding hydrogens is 380 g/mol. The van der Waals surface area contributed by atoms with Crippen LogP contribution in [0.5, 0.6) is 11.5 Å². The molecule has 0 aliphatic heterocycles. The molecule has 0 saturated heterocycles. The summed E-state index contributed by atoms with van der Waals surface area (Å²) in [7, 11) is 0. The van der Waals surface area contributed by atoms with Crippen LogP contribution in [0.4, 0.5) is 11.4 Å². The lowest BCUT2D eigenvalue weighted by molar-refractivity contribution is 0.117. The van der Waals surface area contributed by atoms with Gasteiger partial charge in [0.2, 0.25) is 0 Å². The van der Waals surface area contributed by atoms with Gasteiger partial charge in [-0.25, -0.2) is 0 Å². The molecule has 158 valence electrons. The van der Waals surface area contributed by atoms with E-state index in [0.717, 1.165) is 22.9 Å². The number of rotatable bonds is 12. The van der Waals surface area contributed by atoms with E-state index in [4.69, 9.17) is 9.47 Å². The van der Waals surface area contributed by atoms with E-state index in [1.54, 1.807) is 0 Å². The second kappa shape index (κ2) is 11.7. The van der Waals surface area contributed by atoms with E-state index >= 15 is 0 Å². The maximum absolute atomic E-state index is 10.1. The lowest BCUT2D eigenvalue weighted by Gasteiger charge is -2.16. The predicted molar refractivity (Wildman–Crippen MR) is 119 cm³/mol. The molecule has 4 N–H and O–H groups in total. The van der Waals surface area contributed by atoms with Gasteiger partial charge in [-0.3, -0.25) is 0 Å². The van der Waals surface area contributed by atoms with Crippen LogP contribution in [-0.4, -0.2) is 48.7 Å². The fourth-order valence-electron chi connectivity index (χ4n) is 2.75. The molecule has 3 rings (SSSR count). The van der Waals surface area contributed by atoms with Crippen LogP contribution in [0.15, 0.2) is 84.9 Å². The molecule has 6 heteroatoms. The van der Waals surface area contributed by atoms with E-state index in [0.29, 0.717) is 13.1 Å². The number of nitrogens with one attached hydrogen (secondary N) is 2. The molecule has 0 aromatic heterocycles. The SMILES string of the molecule is OC(CNc1cccc(NCC(O)COc2ccccc2)c1)COc1ccccc1. The molecular formula is C24H28N2O4. The van der Waals surface area contributed by atoms with Crippen molar-refractivity contribution in [3.8, 4) is 11.5 Å². The number of ether oxygens (including phenoxy) is 2. The highest BCUT2D eigenvalue weighted by molar-refractivity contribution is 5.56. The van der Waals surface area contributed by atoms with Crippen LogP contribution in [0.25, 0.3) is 0 Å². The number of anilines is 2. The summed E-state index contributed by atoms with van der Waals surface area (Å²) in [6, 6.07) is 26.5. The van der Waals surface area contributed by atoms with E-state index in [9.17, 15) is 10.2 Å². The molecule has 30 heavy (non-hydrogen) atoms. The number of aliphatic hydroxyl groups is 2. The molecule has 0 amide bonds. The summed E-state index contributed by atoms with van der Waals surface area (Å²) in [6.45, 7) is 1.15. The van der Waals surface area contributed by atoms with Gasteiger partial charge in [-0.15, -0.1) is 0 Å². The smallest absolute Gasteiger partial charge is 0.119 e. The summed E-state index contributed by atoms with van der Waals surface area (Å²) >= 11 is 0. The average Bonchev–Trinajstić information content (AvgIpc) is 2.80. The van der Waals surface area contributed by atoms with Gasteiger partial charge in [0, 0.05) is 24.5 Å². The third-order valence-electron chi connectivity index (χ3n) is 4.32. The Labute approximate surface area is 177 Å². The van der Waals surface area contributed by atoms with E-state index in [1.807, 2.05) is 84.9 Å². The molecule has 0 bridgehead atoms. The molecule has 2 unspecified atom stereocenters. The Morgan fingerprint density at radius 1 is 0.600 bits per heavy atom. The van der Waals surface area contributed by atoms with Gasteiger partial charge in [0.15, 0.2) is 0 Å². The lowest BCUT2D eigenvalue weighted by atomic mass is 10.2. The second-order valence-corrected chi connectivity index (χ2v) is 6.90. The quantitative estimate of drug-likeness (QED) is 0.368. The summed E-state index contributed by atoms with van der Waals surface area (Å²) in [4.78, 5) is 0. The normalized spacial score (nSPS) is 12.6. The van der Waals surface area contributed by atoms with Crippen molar-refractivity contribution in [2.24, 2.45) is 0 Å². The van der Waals surface area contributed by atoms with Gasteiger partial charge in [0.1, 0.15) is 36.9 Å². The topological polar surface area (TPSA) is 83.0 Å². The molecule has 0 aliphatic carbocycles.